The Bertz CT molecular complexity index is 601. The molecule has 1 aromatic carbocycles. The third-order valence-corrected chi connectivity index (χ3v) is 3.79. The summed E-state index contributed by atoms with van der Waals surface area (Å²) >= 11 is 0. The van der Waals surface area contributed by atoms with Crippen molar-refractivity contribution in [2.75, 3.05) is 39.8 Å². The van der Waals surface area contributed by atoms with Crippen molar-refractivity contribution in [1.82, 2.24) is 9.80 Å². The van der Waals surface area contributed by atoms with Crippen LogP contribution in [0.3, 0.4) is 0 Å². The van der Waals surface area contributed by atoms with Crippen LogP contribution in [-0.2, 0) is 4.79 Å². The molecule has 0 unspecified atom stereocenters. The van der Waals surface area contributed by atoms with Gasteiger partial charge in [0.15, 0.2) is 11.6 Å². The number of halogens is 2. The highest BCUT2D eigenvalue weighted by Crippen LogP contribution is 2.25. The van der Waals surface area contributed by atoms with E-state index in [0.717, 1.165) is 6.07 Å². The molecule has 0 atom stereocenters. The van der Waals surface area contributed by atoms with Crippen molar-refractivity contribution < 1.29 is 28.2 Å². The highest BCUT2D eigenvalue weighted by Gasteiger charge is 2.28. The monoisotopic (exact) mass is 328 g/mol. The zero-order valence-electron chi connectivity index (χ0n) is 12.7. The van der Waals surface area contributed by atoms with E-state index in [4.69, 9.17) is 9.84 Å². The predicted molar refractivity (Wildman–Crippen MR) is 77.5 cm³/mol. The molecule has 1 fully saturated rings. The number of methoxy groups -OCH3 is 1. The number of ether oxygens (including phenoxy) is 1. The number of carbonyl (C=O) groups excluding carboxylic acids is 1. The van der Waals surface area contributed by atoms with Gasteiger partial charge in [-0.2, -0.15) is 0 Å². The molecule has 0 bridgehead atoms. The van der Waals surface area contributed by atoms with Crippen molar-refractivity contribution in [3.05, 3.63) is 29.3 Å². The second-order valence-electron chi connectivity index (χ2n) is 5.22. The second-order valence-corrected chi connectivity index (χ2v) is 5.22. The van der Waals surface area contributed by atoms with Crippen molar-refractivity contribution in [2.24, 2.45) is 0 Å². The SMILES string of the molecule is COc1ccc(F)c(F)c1C(=O)N1CCN(CCC(=O)O)CC1. The lowest BCUT2D eigenvalue weighted by Gasteiger charge is -2.34. The van der Waals surface area contributed by atoms with Gasteiger partial charge in [-0.15, -0.1) is 0 Å². The first-order valence-corrected chi connectivity index (χ1v) is 7.19. The fourth-order valence-electron chi connectivity index (χ4n) is 2.49. The van der Waals surface area contributed by atoms with Crippen LogP contribution in [0.2, 0.25) is 0 Å². The first-order valence-electron chi connectivity index (χ1n) is 7.19. The first-order chi connectivity index (χ1) is 10.9. The molecule has 1 saturated heterocycles. The molecular formula is C15H18F2N2O4. The fraction of sp³-hybridized carbons (Fsp3) is 0.467. The Morgan fingerprint density at radius 2 is 1.87 bits per heavy atom. The van der Waals surface area contributed by atoms with Gasteiger partial charge in [0.2, 0.25) is 0 Å². The first kappa shape index (κ1) is 17.1. The molecular weight excluding hydrogens is 310 g/mol. The van der Waals surface area contributed by atoms with Crippen molar-refractivity contribution in [3.63, 3.8) is 0 Å². The van der Waals surface area contributed by atoms with E-state index in [1.165, 1.54) is 18.1 Å². The summed E-state index contributed by atoms with van der Waals surface area (Å²) in [5, 5.41) is 8.66. The number of aliphatic carboxylic acids is 1. The summed E-state index contributed by atoms with van der Waals surface area (Å²) in [6.45, 7) is 2.00. The van der Waals surface area contributed by atoms with E-state index >= 15 is 0 Å². The number of carboxylic acids is 1. The summed E-state index contributed by atoms with van der Waals surface area (Å²) in [6, 6.07) is 2.13. The van der Waals surface area contributed by atoms with Gasteiger partial charge in [-0.3, -0.25) is 14.5 Å². The van der Waals surface area contributed by atoms with Gasteiger partial charge >= 0.3 is 5.97 Å². The summed E-state index contributed by atoms with van der Waals surface area (Å²) < 4.78 is 32.3. The van der Waals surface area contributed by atoms with Gasteiger partial charge in [0, 0.05) is 32.7 Å². The molecule has 8 heteroatoms. The summed E-state index contributed by atoms with van der Waals surface area (Å²) in [4.78, 5) is 26.3. The number of carboxylic acid groups (broad SMARTS) is 1. The van der Waals surface area contributed by atoms with Crippen LogP contribution in [-0.4, -0.2) is 66.6 Å². The molecule has 0 aliphatic carbocycles. The van der Waals surface area contributed by atoms with Crippen molar-refractivity contribution in [1.29, 1.82) is 0 Å². The number of benzene rings is 1. The van der Waals surface area contributed by atoms with Crippen LogP contribution in [0.1, 0.15) is 16.8 Å². The average Bonchev–Trinajstić information content (AvgIpc) is 2.55. The Morgan fingerprint density at radius 3 is 2.43 bits per heavy atom. The van der Waals surface area contributed by atoms with Crippen LogP contribution in [0, 0.1) is 11.6 Å². The molecule has 126 valence electrons. The van der Waals surface area contributed by atoms with E-state index < -0.39 is 29.1 Å². The van der Waals surface area contributed by atoms with Crippen LogP contribution >= 0.6 is 0 Å². The minimum Gasteiger partial charge on any atom is -0.496 e. The maximum Gasteiger partial charge on any atom is 0.304 e. The molecule has 0 aromatic heterocycles. The Kier molecular flexibility index (Phi) is 5.49. The van der Waals surface area contributed by atoms with E-state index in [1.807, 2.05) is 4.90 Å². The summed E-state index contributed by atoms with van der Waals surface area (Å²) in [5.41, 5.74) is -0.411. The van der Waals surface area contributed by atoms with Crippen LogP contribution < -0.4 is 4.74 Å². The van der Waals surface area contributed by atoms with Gasteiger partial charge in [-0.1, -0.05) is 0 Å². The molecule has 0 saturated carbocycles. The Labute approximate surface area is 132 Å². The molecule has 1 amide bonds. The maximum atomic E-state index is 14.0. The van der Waals surface area contributed by atoms with E-state index in [0.29, 0.717) is 32.7 Å². The molecule has 1 aliphatic heterocycles. The lowest BCUT2D eigenvalue weighted by atomic mass is 10.1. The second kappa shape index (κ2) is 7.36. The molecule has 0 spiro atoms. The number of hydrogen-bond donors (Lipinski definition) is 1. The van der Waals surface area contributed by atoms with Gasteiger partial charge < -0.3 is 14.7 Å². The minimum atomic E-state index is -1.22. The highest BCUT2D eigenvalue weighted by molar-refractivity contribution is 5.97. The molecule has 1 N–H and O–H groups in total. The van der Waals surface area contributed by atoms with Gasteiger partial charge in [0.05, 0.1) is 13.5 Å². The van der Waals surface area contributed by atoms with E-state index in [1.54, 1.807) is 0 Å². The lowest BCUT2D eigenvalue weighted by molar-refractivity contribution is -0.137. The zero-order valence-corrected chi connectivity index (χ0v) is 12.7. The van der Waals surface area contributed by atoms with Gasteiger partial charge in [-0.25, -0.2) is 8.78 Å². The third-order valence-electron chi connectivity index (χ3n) is 3.79. The van der Waals surface area contributed by atoms with Crippen molar-refractivity contribution >= 4 is 11.9 Å². The standard InChI is InChI=1S/C15H18F2N2O4/c1-23-11-3-2-10(16)14(17)13(11)15(22)19-8-6-18(7-9-19)5-4-12(20)21/h2-3H,4-9H2,1H3,(H,20,21). The van der Waals surface area contributed by atoms with Crippen LogP contribution in [0.15, 0.2) is 12.1 Å². The zero-order chi connectivity index (χ0) is 17.0. The van der Waals surface area contributed by atoms with E-state index in [9.17, 15) is 18.4 Å². The molecule has 0 radical (unpaired) electrons. The van der Waals surface area contributed by atoms with Gasteiger partial charge in [0.1, 0.15) is 11.3 Å². The smallest absolute Gasteiger partial charge is 0.304 e. The van der Waals surface area contributed by atoms with Crippen LogP contribution in [0.25, 0.3) is 0 Å². The van der Waals surface area contributed by atoms with E-state index in [-0.39, 0.29) is 12.2 Å². The molecule has 1 aliphatic rings. The van der Waals surface area contributed by atoms with Gasteiger partial charge in [0.25, 0.3) is 5.91 Å². The topological polar surface area (TPSA) is 70.1 Å². The van der Waals surface area contributed by atoms with Crippen molar-refractivity contribution in [3.8, 4) is 5.75 Å². The quantitative estimate of drug-likeness (QED) is 0.880. The van der Waals surface area contributed by atoms with Crippen LogP contribution in [0.4, 0.5) is 8.78 Å². The Morgan fingerprint density at radius 1 is 1.22 bits per heavy atom. The Hall–Kier alpha value is -2.22. The normalized spacial score (nSPS) is 15.5. The lowest BCUT2D eigenvalue weighted by Crippen LogP contribution is -2.49. The molecule has 6 nitrogen and oxygen atoms in total. The third kappa shape index (κ3) is 3.95. The molecule has 2 rings (SSSR count). The minimum absolute atomic E-state index is 0.0118. The molecule has 1 heterocycles. The number of piperazine rings is 1. The average molecular weight is 328 g/mol. The predicted octanol–water partition coefficient (Wildman–Crippen LogP) is 1.21. The summed E-state index contributed by atoms with van der Waals surface area (Å²) in [6.07, 6.45) is 0.0281. The summed E-state index contributed by atoms with van der Waals surface area (Å²) in [5.74, 6) is -3.84. The fourth-order valence-corrected chi connectivity index (χ4v) is 2.49. The van der Waals surface area contributed by atoms with E-state index in [2.05, 4.69) is 0 Å². The van der Waals surface area contributed by atoms with Crippen LogP contribution in [0.5, 0.6) is 5.75 Å². The maximum absolute atomic E-state index is 14.0. The number of hydrogen-bond acceptors (Lipinski definition) is 4. The number of nitrogens with zero attached hydrogens (tertiary/aromatic N) is 2. The highest BCUT2D eigenvalue weighted by atomic mass is 19.2. The summed E-state index contributed by atoms with van der Waals surface area (Å²) in [7, 11) is 1.29. The number of carbonyl (C=O) groups is 2. The Balaban J connectivity index is 2.06. The number of amides is 1. The molecule has 1 aromatic rings. The number of rotatable bonds is 5. The van der Waals surface area contributed by atoms with Crippen molar-refractivity contribution in [2.45, 2.75) is 6.42 Å². The van der Waals surface area contributed by atoms with Gasteiger partial charge in [-0.05, 0) is 12.1 Å². The largest absolute Gasteiger partial charge is 0.496 e. The molecule has 23 heavy (non-hydrogen) atoms.